The number of rotatable bonds is 3. The van der Waals surface area contributed by atoms with Crippen molar-refractivity contribution in [1.29, 1.82) is 0 Å². The van der Waals surface area contributed by atoms with Crippen molar-refractivity contribution in [2.24, 2.45) is 0 Å². The van der Waals surface area contributed by atoms with Gasteiger partial charge in [0, 0.05) is 16.7 Å². The summed E-state index contributed by atoms with van der Waals surface area (Å²) in [5.41, 5.74) is 1.09. The van der Waals surface area contributed by atoms with Gasteiger partial charge < -0.3 is 4.52 Å². The molecule has 8 heteroatoms. The first-order valence-corrected chi connectivity index (χ1v) is 7.15. The molecule has 6 nitrogen and oxygen atoms in total. The van der Waals surface area contributed by atoms with Crippen LogP contribution in [-0.2, 0) is 0 Å². The Morgan fingerprint density at radius 3 is 2.71 bits per heavy atom. The summed E-state index contributed by atoms with van der Waals surface area (Å²) in [4.78, 5) is 12.0. The Balaban J connectivity index is 1.75. The van der Waals surface area contributed by atoms with Crippen molar-refractivity contribution in [1.82, 2.24) is 15.4 Å². The van der Waals surface area contributed by atoms with Crippen LogP contribution in [0, 0.1) is 6.92 Å². The van der Waals surface area contributed by atoms with Gasteiger partial charge in [0.05, 0.1) is 0 Å². The minimum atomic E-state index is -0.272. The number of aromatic nitrogens is 3. The summed E-state index contributed by atoms with van der Waals surface area (Å²) in [7, 11) is 0. The number of carbonyl (C=O) groups excluding carboxylic acids is 1. The topological polar surface area (TPSA) is 80.9 Å². The van der Waals surface area contributed by atoms with Gasteiger partial charge in [-0.25, -0.2) is 0 Å². The molecule has 3 rings (SSSR count). The third-order valence-corrected chi connectivity index (χ3v) is 3.71. The lowest BCUT2D eigenvalue weighted by Crippen LogP contribution is -2.11. The second kappa shape index (κ2) is 5.63. The summed E-state index contributed by atoms with van der Waals surface area (Å²) in [5, 5.41) is 16.0. The van der Waals surface area contributed by atoms with Crippen LogP contribution in [0.25, 0.3) is 10.7 Å². The van der Waals surface area contributed by atoms with Crippen LogP contribution in [0.1, 0.15) is 16.1 Å². The number of hydrogen-bond donors (Lipinski definition) is 1. The van der Waals surface area contributed by atoms with Crippen molar-refractivity contribution in [2.75, 3.05) is 5.32 Å². The highest BCUT2D eigenvalue weighted by Crippen LogP contribution is 2.26. The van der Waals surface area contributed by atoms with Crippen LogP contribution in [0.5, 0.6) is 0 Å². The molecule has 1 amide bonds. The van der Waals surface area contributed by atoms with Gasteiger partial charge >= 0.3 is 0 Å². The SMILES string of the molecule is Cc1cc(-c2nnc(NC(=O)c3ccc(Cl)cc3)s2)no1. The van der Waals surface area contributed by atoms with Gasteiger partial charge in [0.1, 0.15) is 11.5 Å². The number of aryl methyl sites for hydroxylation is 1. The Hall–Kier alpha value is -2.25. The van der Waals surface area contributed by atoms with Gasteiger partial charge in [0.25, 0.3) is 5.91 Å². The smallest absolute Gasteiger partial charge is 0.257 e. The van der Waals surface area contributed by atoms with E-state index in [2.05, 4.69) is 20.7 Å². The minimum Gasteiger partial charge on any atom is -0.361 e. The average molecular weight is 321 g/mol. The number of anilines is 1. The predicted octanol–water partition coefficient (Wildman–Crippen LogP) is 3.41. The predicted molar refractivity (Wildman–Crippen MR) is 79.5 cm³/mol. The van der Waals surface area contributed by atoms with Gasteiger partial charge in [-0.15, -0.1) is 10.2 Å². The molecule has 1 aromatic carbocycles. The zero-order valence-electron chi connectivity index (χ0n) is 10.8. The maximum atomic E-state index is 12.0. The number of nitrogens with zero attached hydrogens (tertiary/aromatic N) is 3. The summed E-state index contributed by atoms with van der Waals surface area (Å²) >= 11 is 7.00. The molecule has 21 heavy (non-hydrogen) atoms. The van der Waals surface area contributed by atoms with Crippen molar-refractivity contribution in [3.8, 4) is 10.7 Å². The lowest BCUT2D eigenvalue weighted by Gasteiger charge is -2.00. The Morgan fingerprint density at radius 1 is 1.29 bits per heavy atom. The quantitative estimate of drug-likeness (QED) is 0.799. The Morgan fingerprint density at radius 2 is 2.05 bits per heavy atom. The van der Waals surface area contributed by atoms with Crippen molar-refractivity contribution in [3.05, 3.63) is 46.7 Å². The average Bonchev–Trinajstić information content (AvgIpc) is 3.08. The fourth-order valence-corrected chi connectivity index (χ4v) is 2.43. The summed E-state index contributed by atoms with van der Waals surface area (Å²) in [5.74, 6) is 0.414. The van der Waals surface area contributed by atoms with E-state index in [1.165, 1.54) is 11.3 Å². The van der Waals surface area contributed by atoms with E-state index in [-0.39, 0.29) is 5.91 Å². The highest BCUT2D eigenvalue weighted by molar-refractivity contribution is 7.18. The zero-order valence-corrected chi connectivity index (χ0v) is 12.4. The number of amides is 1. The van der Waals surface area contributed by atoms with E-state index in [9.17, 15) is 4.79 Å². The van der Waals surface area contributed by atoms with Crippen LogP contribution in [0.2, 0.25) is 5.02 Å². The molecule has 0 fully saturated rings. The Kier molecular flexibility index (Phi) is 3.68. The lowest BCUT2D eigenvalue weighted by molar-refractivity contribution is 0.102. The van der Waals surface area contributed by atoms with Crippen LogP contribution < -0.4 is 5.32 Å². The van der Waals surface area contributed by atoms with Crippen LogP contribution in [0.3, 0.4) is 0 Å². The van der Waals surface area contributed by atoms with Gasteiger partial charge in [0.2, 0.25) is 5.13 Å². The number of carbonyl (C=O) groups is 1. The van der Waals surface area contributed by atoms with Crippen molar-refractivity contribution >= 4 is 34.0 Å². The maximum absolute atomic E-state index is 12.0. The van der Waals surface area contributed by atoms with Crippen LogP contribution in [-0.4, -0.2) is 21.3 Å². The standard InChI is InChI=1S/C13H9ClN4O2S/c1-7-6-10(18-20-7)12-16-17-13(21-12)15-11(19)8-2-4-9(14)5-3-8/h2-6H,1H3,(H,15,17,19). The first-order valence-electron chi connectivity index (χ1n) is 5.96. The zero-order chi connectivity index (χ0) is 14.8. The molecule has 0 bridgehead atoms. The normalized spacial score (nSPS) is 10.6. The van der Waals surface area contributed by atoms with E-state index < -0.39 is 0 Å². The fraction of sp³-hybridized carbons (Fsp3) is 0.0769. The molecule has 0 saturated heterocycles. The number of nitrogens with one attached hydrogen (secondary N) is 1. The van der Waals surface area contributed by atoms with Crippen LogP contribution in [0.4, 0.5) is 5.13 Å². The molecule has 1 N–H and O–H groups in total. The van der Waals surface area contributed by atoms with E-state index in [0.29, 0.717) is 32.2 Å². The van der Waals surface area contributed by atoms with Gasteiger partial charge in [0.15, 0.2) is 5.01 Å². The molecule has 0 aliphatic heterocycles. The van der Waals surface area contributed by atoms with Crippen molar-refractivity contribution in [3.63, 3.8) is 0 Å². The third kappa shape index (κ3) is 3.09. The van der Waals surface area contributed by atoms with Gasteiger partial charge in [-0.2, -0.15) is 0 Å². The summed E-state index contributed by atoms with van der Waals surface area (Å²) in [6, 6.07) is 8.34. The van der Waals surface area contributed by atoms with E-state index in [0.717, 1.165) is 0 Å². The first kappa shape index (κ1) is 13.7. The molecule has 0 aliphatic carbocycles. The van der Waals surface area contributed by atoms with Crippen LogP contribution in [0.15, 0.2) is 34.9 Å². The molecular weight excluding hydrogens is 312 g/mol. The molecule has 2 heterocycles. The number of benzene rings is 1. The molecule has 0 radical (unpaired) electrons. The molecule has 0 saturated carbocycles. The Bertz CT molecular complexity index is 782. The third-order valence-electron chi connectivity index (χ3n) is 2.60. The maximum Gasteiger partial charge on any atom is 0.257 e. The van der Waals surface area contributed by atoms with Gasteiger partial charge in [-0.3, -0.25) is 10.1 Å². The molecular formula is C13H9ClN4O2S. The van der Waals surface area contributed by atoms with Crippen molar-refractivity contribution < 1.29 is 9.32 Å². The van der Waals surface area contributed by atoms with E-state index in [1.54, 1.807) is 37.3 Å². The molecule has 0 spiro atoms. The number of hydrogen-bond acceptors (Lipinski definition) is 6. The Labute approximate surface area is 128 Å². The fourth-order valence-electron chi connectivity index (χ4n) is 1.61. The second-order valence-corrected chi connectivity index (χ2v) is 5.61. The number of halogens is 1. The van der Waals surface area contributed by atoms with Gasteiger partial charge in [-0.1, -0.05) is 28.1 Å². The van der Waals surface area contributed by atoms with E-state index in [4.69, 9.17) is 16.1 Å². The summed E-state index contributed by atoms with van der Waals surface area (Å²) in [6.45, 7) is 1.79. The highest BCUT2D eigenvalue weighted by atomic mass is 35.5. The van der Waals surface area contributed by atoms with Crippen molar-refractivity contribution in [2.45, 2.75) is 6.92 Å². The second-order valence-electron chi connectivity index (χ2n) is 4.20. The molecule has 106 valence electrons. The first-order chi connectivity index (χ1) is 10.1. The lowest BCUT2D eigenvalue weighted by atomic mass is 10.2. The largest absolute Gasteiger partial charge is 0.361 e. The van der Waals surface area contributed by atoms with E-state index >= 15 is 0 Å². The molecule has 0 unspecified atom stereocenters. The monoisotopic (exact) mass is 320 g/mol. The molecule has 0 atom stereocenters. The van der Waals surface area contributed by atoms with Gasteiger partial charge in [-0.05, 0) is 31.2 Å². The molecule has 2 aromatic heterocycles. The molecule has 3 aromatic rings. The summed E-state index contributed by atoms with van der Waals surface area (Å²) < 4.78 is 4.98. The highest BCUT2D eigenvalue weighted by Gasteiger charge is 2.13. The summed E-state index contributed by atoms with van der Waals surface area (Å²) in [6.07, 6.45) is 0. The molecule has 0 aliphatic rings. The minimum absolute atomic E-state index is 0.272. The van der Waals surface area contributed by atoms with Crippen LogP contribution >= 0.6 is 22.9 Å². The van der Waals surface area contributed by atoms with E-state index in [1.807, 2.05) is 0 Å².